The molecule has 2 aliphatic rings. The van der Waals surface area contributed by atoms with E-state index >= 15 is 0 Å². The van der Waals surface area contributed by atoms with Crippen molar-refractivity contribution in [2.24, 2.45) is 11.8 Å². The molecular formula is C15H27NO2Sn. The van der Waals surface area contributed by atoms with E-state index in [4.69, 9.17) is 4.74 Å². The number of hydrogen-bond acceptors (Lipinski definition) is 2. The number of carbonyl (C=O) groups is 1. The van der Waals surface area contributed by atoms with Crippen LogP contribution in [0.25, 0.3) is 0 Å². The van der Waals surface area contributed by atoms with Gasteiger partial charge in [-0.05, 0) is 0 Å². The summed E-state index contributed by atoms with van der Waals surface area (Å²) in [5, 5.41) is 0. The van der Waals surface area contributed by atoms with E-state index in [9.17, 15) is 4.79 Å². The number of nitrogens with zero attached hydrogens (tertiary/aromatic N) is 1. The molecule has 1 aliphatic carbocycles. The van der Waals surface area contributed by atoms with Gasteiger partial charge in [-0.2, -0.15) is 0 Å². The Hall–Kier alpha value is -0.191. The first-order valence-electron chi connectivity index (χ1n) is 7.26. The summed E-state index contributed by atoms with van der Waals surface area (Å²) in [5.74, 6) is 1.28. The monoisotopic (exact) mass is 373 g/mol. The normalized spacial score (nSPS) is 27.3. The zero-order chi connectivity index (χ0) is 14.4. The average molecular weight is 372 g/mol. The first-order chi connectivity index (χ1) is 8.58. The van der Waals surface area contributed by atoms with Crippen LogP contribution in [0.2, 0.25) is 14.8 Å². The molecule has 0 radical (unpaired) electrons. The second-order valence-corrected chi connectivity index (χ2v) is 22.4. The number of hydrogen-bond donors (Lipinski definition) is 0. The van der Waals surface area contributed by atoms with Gasteiger partial charge in [0.15, 0.2) is 0 Å². The number of ether oxygens (including phenoxy) is 1. The van der Waals surface area contributed by atoms with Gasteiger partial charge in [-0.1, -0.05) is 0 Å². The van der Waals surface area contributed by atoms with Gasteiger partial charge in [0, 0.05) is 0 Å². The minimum absolute atomic E-state index is 0.134. The summed E-state index contributed by atoms with van der Waals surface area (Å²) in [4.78, 5) is 21.5. The van der Waals surface area contributed by atoms with Crippen LogP contribution in [0.1, 0.15) is 27.2 Å². The van der Waals surface area contributed by atoms with E-state index in [0.717, 1.165) is 19.5 Å². The molecule has 0 bridgehead atoms. The molecule has 1 heterocycles. The van der Waals surface area contributed by atoms with Crippen molar-refractivity contribution < 1.29 is 9.53 Å². The van der Waals surface area contributed by atoms with Crippen molar-refractivity contribution in [2.45, 2.75) is 47.6 Å². The van der Waals surface area contributed by atoms with Gasteiger partial charge in [-0.3, -0.25) is 0 Å². The summed E-state index contributed by atoms with van der Waals surface area (Å²) in [5.41, 5.74) is -0.392. The van der Waals surface area contributed by atoms with Crippen molar-refractivity contribution in [2.75, 3.05) is 13.1 Å². The predicted octanol–water partition coefficient (Wildman–Crippen LogP) is 3.68. The molecule has 2 rings (SSSR count). The van der Waals surface area contributed by atoms with Crippen LogP contribution in [0.15, 0.2) is 9.67 Å². The van der Waals surface area contributed by atoms with Gasteiger partial charge in [0.2, 0.25) is 0 Å². The van der Waals surface area contributed by atoms with E-state index in [-0.39, 0.29) is 6.09 Å². The first-order valence-corrected chi connectivity index (χ1v) is 17.3. The number of allylic oxidation sites excluding steroid dienone is 1. The zero-order valence-corrected chi connectivity index (χ0v) is 16.0. The molecule has 0 aromatic rings. The van der Waals surface area contributed by atoms with Gasteiger partial charge in [-0.15, -0.1) is 0 Å². The Bertz CT molecular complexity index is 403. The van der Waals surface area contributed by atoms with E-state index in [1.807, 2.05) is 25.7 Å². The fraction of sp³-hybridized carbons (Fsp3) is 0.800. The quantitative estimate of drug-likeness (QED) is 0.658. The molecule has 3 nitrogen and oxygen atoms in total. The summed E-state index contributed by atoms with van der Waals surface area (Å²) in [7, 11) is 0. The second-order valence-electron chi connectivity index (χ2n) is 7.90. The van der Waals surface area contributed by atoms with Crippen molar-refractivity contribution in [1.29, 1.82) is 0 Å². The average Bonchev–Trinajstić information content (AvgIpc) is 2.68. The number of carbonyl (C=O) groups excluding carboxylic acids is 1. The second kappa shape index (κ2) is 4.97. The molecule has 0 spiro atoms. The molecule has 1 aliphatic heterocycles. The number of fused-ring (bicyclic) bond motifs is 1. The van der Waals surface area contributed by atoms with Crippen LogP contribution in [0.5, 0.6) is 0 Å². The summed E-state index contributed by atoms with van der Waals surface area (Å²) >= 11 is -1.98. The molecule has 0 aromatic heterocycles. The van der Waals surface area contributed by atoms with Crippen LogP contribution in [-0.2, 0) is 4.74 Å². The molecule has 4 heteroatoms. The molecule has 0 unspecified atom stereocenters. The van der Waals surface area contributed by atoms with Crippen molar-refractivity contribution >= 4 is 24.5 Å². The number of rotatable bonds is 1. The van der Waals surface area contributed by atoms with Crippen LogP contribution >= 0.6 is 0 Å². The van der Waals surface area contributed by atoms with E-state index in [2.05, 4.69) is 20.9 Å². The zero-order valence-electron chi connectivity index (χ0n) is 13.1. The third-order valence-corrected chi connectivity index (χ3v) is 10.6. The molecule has 1 amide bonds. The minimum atomic E-state index is -1.98. The summed E-state index contributed by atoms with van der Waals surface area (Å²) < 4.78 is 7.22. The van der Waals surface area contributed by atoms with E-state index in [1.165, 1.54) is 0 Å². The maximum atomic E-state index is 12.1. The summed E-state index contributed by atoms with van der Waals surface area (Å²) in [6, 6.07) is 0. The van der Waals surface area contributed by atoms with Gasteiger partial charge in [0.05, 0.1) is 0 Å². The molecule has 1 saturated heterocycles. The topological polar surface area (TPSA) is 29.5 Å². The van der Waals surface area contributed by atoms with Gasteiger partial charge < -0.3 is 0 Å². The molecule has 1 fully saturated rings. The van der Waals surface area contributed by atoms with Crippen molar-refractivity contribution in [3.05, 3.63) is 9.67 Å². The fourth-order valence-corrected chi connectivity index (χ4v) is 9.42. The van der Waals surface area contributed by atoms with Crippen LogP contribution in [0.4, 0.5) is 4.79 Å². The molecule has 0 N–H and O–H groups in total. The molecule has 2 atom stereocenters. The predicted molar refractivity (Wildman–Crippen MR) is 80.8 cm³/mol. The molecule has 0 saturated carbocycles. The van der Waals surface area contributed by atoms with E-state index < -0.39 is 24.0 Å². The Morgan fingerprint density at radius 3 is 2.47 bits per heavy atom. The van der Waals surface area contributed by atoms with Gasteiger partial charge in [-0.25, -0.2) is 0 Å². The SMILES string of the molecule is CC(C)(C)OC(=O)N1C[C@H]2CC=[C]([Sn]([CH3])([CH3])[CH3])[C@H]2C1. The Balaban J connectivity index is 2.02. The standard InChI is InChI=1S/C12H18NO2.3CH3.Sn/c1-12(2,3)15-11(14)13-7-9-5-4-6-10(9)8-13;;;;/h4,9-10H,5,7-8H2,1-3H3;3*1H3;/t9-,10+;;;;/m1..../s1. The van der Waals surface area contributed by atoms with E-state index in [0.29, 0.717) is 11.8 Å². The summed E-state index contributed by atoms with van der Waals surface area (Å²) in [6.07, 6.45) is 3.51. The summed E-state index contributed by atoms with van der Waals surface area (Å²) in [6.45, 7) is 7.54. The van der Waals surface area contributed by atoms with Gasteiger partial charge in [0.25, 0.3) is 0 Å². The van der Waals surface area contributed by atoms with Gasteiger partial charge >= 0.3 is 121 Å². The number of amides is 1. The Kier molecular flexibility index (Phi) is 3.98. The number of likely N-dealkylation sites (tertiary alicyclic amines) is 1. The van der Waals surface area contributed by atoms with Crippen LogP contribution in [-0.4, -0.2) is 48.1 Å². The van der Waals surface area contributed by atoms with Gasteiger partial charge in [0.1, 0.15) is 0 Å². The molecule has 108 valence electrons. The maximum absolute atomic E-state index is 12.1. The molecule has 0 aromatic carbocycles. The Labute approximate surface area is 121 Å². The first kappa shape index (κ1) is 15.2. The van der Waals surface area contributed by atoms with Crippen LogP contribution in [0, 0.1) is 11.8 Å². The van der Waals surface area contributed by atoms with Crippen LogP contribution in [0.3, 0.4) is 0 Å². The molecular weight excluding hydrogens is 345 g/mol. The Morgan fingerprint density at radius 1 is 1.32 bits per heavy atom. The van der Waals surface area contributed by atoms with E-state index in [1.54, 1.807) is 3.59 Å². The third kappa shape index (κ3) is 3.47. The van der Waals surface area contributed by atoms with Crippen molar-refractivity contribution in [3.8, 4) is 0 Å². The molecule has 19 heavy (non-hydrogen) atoms. The fourth-order valence-electron chi connectivity index (χ4n) is 3.23. The van der Waals surface area contributed by atoms with Crippen molar-refractivity contribution in [1.82, 2.24) is 4.90 Å². The van der Waals surface area contributed by atoms with Crippen molar-refractivity contribution in [3.63, 3.8) is 0 Å². The van der Waals surface area contributed by atoms with Crippen LogP contribution < -0.4 is 0 Å². The third-order valence-electron chi connectivity index (χ3n) is 4.00. The Morgan fingerprint density at radius 2 is 1.95 bits per heavy atom.